The van der Waals surface area contributed by atoms with E-state index in [1.807, 2.05) is 41.5 Å². The van der Waals surface area contributed by atoms with Crippen molar-refractivity contribution in [3.8, 4) is 0 Å². The molecule has 0 saturated heterocycles. The van der Waals surface area contributed by atoms with Crippen LogP contribution in [0.5, 0.6) is 0 Å². The molecule has 6 nitrogen and oxygen atoms in total. The van der Waals surface area contributed by atoms with Gasteiger partial charge in [-0.2, -0.15) is 4.80 Å². The molecule has 1 aromatic heterocycles. The van der Waals surface area contributed by atoms with Gasteiger partial charge in [0.25, 0.3) is 11.7 Å². The molecule has 0 unspecified atom stereocenters. The second-order valence-corrected chi connectivity index (χ2v) is 7.77. The highest BCUT2D eigenvalue weighted by Crippen LogP contribution is 2.20. The number of carbonyl (C=O) groups is 1. The van der Waals surface area contributed by atoms with E-state index in [9.17, 15) is 9.18 Å². The van der Waals surface area contributed by atoms with Crippen LogP contribution in [0.15, 0.2) is 24.3 Å². The van der Waals surface area contributed by atoms with Gasteiger partial charge >= 0.3 is 0 Å². The number of aromatic nitrogens is 4. The summed E-state index contributed by atoms with van der Waals surface area (Å²) >= 11 is 0. The molecule has 0 spiro atoms. The quantitative estimate of drug-likeness (QED) is 0.866. The van der Waals surface area contributed by atoms with Crippen LogP contribution < -0.4 is 0 Å². The van der Waals surface area contributed by atoms with Crippen molar-refractivity contribution in [2.75, 3.05) is 0 Å². The summed E-state index contributed by atoms with van der Waals surface area (Å²) in [5.41, 5.74) is -0.126. The predicted octanol–water partition coefficient (Wildman–Crippen LogP) is 3.01. The van der Waals surface area contributed by atoms with Crippen molar-refractivity contribution >= 4 is 5.91 Å². The van der Waals surface area contributed by atoms with Crippen LogP contribution in [0.25, 0.3) is 0 Å². The summed E-state index contributed by atoms with van der Waals surface area (Å²) in [5, 5.41) is 12.1. The number of rotatable bonds is 3. The van der Waals surface area contributed by atoms with Crippen LogP contribution in [0.3, 0.4) is 0 Å². The molecule has 0 atom stereocenters. The maximum Gasteiger partial charge on any atom is 0.296 e. The number of amides is 1. The Morgan fingerprint density at radius 2 is 1.88 bits per heavy atom. The number of tetrazole rings is 1. The monoisotopic (exact) mass is 333 g/mol. The highest BCUT2D eigenvalue weighted by atomic mass is 19.1. The number of halogens is 1. The molecule has 0 N–H and O–H groups in total. The molecule has 0 fully saturated rings. The molecule has 1 aromatic carbocycles. The first kappa shape index (κ1) is 18.0. The van der Waals surface area contributed by atoms with Gasteiger partial charge in [-0.05, 0) is 64.5 Å². The Balaban J connectivity index is 2.31. The van der Waals surface area contributed by atoms with E-state index >= 15 is 0 Å². The first-order chi connectivity index (χ1) is 11.0. The van der Waals surface area contributed by atoms with Crippen LogP contribution in [0.4, 0.5) is 4.39 Å². The number of hydrogen-bond acceptors (Lipinski definition) is 4. The standard InChI is InChI=1S/C17H24FN5O/c1-16(2,3)22(11-12-8-7-9-13(18)10-12)15(24)14-19-21-23(20-14)17(4,5)6/h7-10H,11H2,1-6H3. The third kappa shape index (κ3) is 4.15. The van der Waals surface area contributed by atoms with Gasteiger partial charge in [0, 0.05) is 12.1 Å². The normalized spacial score (nSPS) is 12.3. The third-order valence-electron chi connectivity index (χ3n) is 3.49. The van der Waals surface area contributed by atoms with Crippen molar-refractivity contribution in [1.82, 2.24) is 25.1 Å². The number of nitrogens with zero attached hydrogens (tertiary/aromatic N) is 5. The van der Waals surface area contributed by atoms with Crippen molar-refractivity contribution in [3.63, 3.8) is 0 Å². The largest absolute Gasteiger partial charge is 0.327 e. The first-order valence-corrected chi connectivity index (χ1v) is 7.85. The van der Waals surface area contributed by atoms with Gasteiger partial charge in [-0.25, -0.2) is 4.39 Å². The summed E-state index contributed by atoms with van der Waals surface area (Å²) in [6, 6.07) is 6.22. The Labute approximate surface area is 141 Å². The lowest BCUT2D eigenvalue weighted by molar-refractivity contribution is 0.0544. The molecule has 0 aliphatic heterocycles. The molecule has 130 valence electrons. The molecule has 0 radical (unpaired) electrons. The van der Waals surface area contributed by atoms with Gasteiger partial charge in [0.1, 0.15) is 5.82 Å². The zero-order valence-electron chi connectivity index (χ0n) is 15.0. The predicted molar refractivity (Wildman–Crippen MR) is 88.8 cm³/mol. The summed E-state index contributed by atoms with van der Waals surface area (Å²) in [6.07, 6.45) is 0. The first-order valence-electron chi connectivity index (χ1n) is 7.85. The van der Waals surface area contributed by atoms with E-state index in [1.54, 1.807) is 17.0 Å². The lowest BCUT2D eigenvalue weighted by Crippen LogP contribution is -2.45. The minimum atomic E-state index is -0.476. The van der Waals surface area contributed by atoms with Crippen LogP contribution in [-0.2, 0) is 12.1 Å². The second kappa shape index (κ2) is 6.30. The summed E-state index contributed by atoms with van der Waals surface area (Å²) in [4.78, 5) is 15.9. The van der Waals surface area contributed by atoms with E-state index < -0.39 is 5.54 Å². The van der Waals surface area contributed by atoms with E-state index in [1.165, 1.54) is 16.9 Å². The van der Waals surface area contributed by atoms with Gasteiger partial charge in [-0.1, -0.05) is 12.1 Å². The number of carbonyl (C=O) groups excluding carboxylic acids is 1. The molecule has 0 aliphatic rings. The van der Waals surface area contributed by atoms with Gasteiger partial charge in [0.05, 0.1) is 5.54 Å². The molecule has 7 heteroatoms. The second-order valence-electron chi connectivity index (χ2n) is 7.77. The Morgan fingerprint density at radius 1 is 1.21 bits per heavy atom. The van der Waals surface area contributed by atoms with E-state index in [-0.39, 0.29) is 29.6 Å². The zero-order chi connectivity index (χ0) is 18.1. The van der Waals surface area contributed by atoms with Crippen LogP contribution in [0.2, 0.25) is 0 Å². The average molecular weight is 333 g/mol. The maximum atomic E-state index is 13.4. The van der Waals surface area contributed by atoms with Crippen molar-refractivity contribution < 1.29 is 9.18 Å². The lowest BCUT2D eigenvalue weighted by Gasteiger charge is -2.35. The van der Waals surface area contributed by atoms with E-state index in [4.69, 9.17) is 0 Å². The van der Waals surface area contributed by atoms with Crippen LogP contribution in [-0.4, -0.2) is 36.6 Å². The smallest absolute Gasteiger partial charge is 0.296 e. The van der Waals surface area contributed by atoms with Crippen molar-refractivity contribution in [1.29, 1.82) is 0 Å². The molecular formula is C17H24FN5O. The van der Waals surface area contributed by atoms with Gasteiger partial charge in [0.15, 0.2) is 0 Å². The SMILES string of the molecule is CC(C)(C)N(Cc1cccc(F)c1)C(=O)c1nnn(C(C)(C)C)n1. The summed E-state index contributed by atoms with van der Waals surface area (Å²) < 4.78 is 13.4. The molecule has 2 rings (SSSR count). The van der Waals surface area contributed by atoms with E-state index in [0.717, 1.165) is 0 Å². The third-order valence-corrected chi connectivity index (χ3v) is 3.49. The zero-order valence-corrected chi connectivity index (χ0v) is 15.0. The van der Waals surface area contributed by atoms with Crippen molar-refractivity contribution in [2.45, 2.75) is 59.2 Å². The number of hydrogen-bond donors (Lipinski definition) is 0. The summed E-state index contributed by atoms with van der Waals surface area (Å²) in [7, 11) is 0. The summed E-state index contributed by atoms with van der Waals surface area (Å²) in [5.74, 6) is -0.621. The fourth-order valence-electron chi connectivity index (χ4n) is 2.14. The highest BCUT2D eigenvalue weighted by Gasteiger charge is 2.31. The Morgan fingerprint density at radius 3 is 2.38 bits per heavy atom. The fourth-order valence-corrected chi connectivity index (χ4v) is 2.14. The van der Waals surface area contributed by atoms with Crippen LogP contribution in [0.1, 0.15) is 57.7 Å². The average Bonchev–Trinajstić information content (AvgIpc) is 2.92. The topological polar surface area (TPSA) is 63.9 Å². The number of benzene rings is 1. The van der Waals surface area contributed by atoms with Gasteiger partial charge in [0.2, 0.25) is 0 Å². The maximum absolute atomic E-state index is 13.4. The minimum Gasteiger partial charge on any atom is -0.327 e. The van der Waals surface area contributed by atoms with Crippen LogP contribution >= 0.6 is 0 Å². The Kier molecular flexibility index (Phi) is 4.73. The van der Waals surface area contributed by atoms with Gasteiger partial charge < -0.3 is 4.90 Å². The Bertz CT molecular complexity index is 727. The van der Waals surface area contributed by atoms with Gasteiger partial charge in [-0.15, -0.1) is 10.2 Å². The van der Waals surface area contributed by atoms with Crippen molar-refractivity contribution in [3.05, 3.63) is 41.5 Å². The van der Waals surface area contributed by atoms with E-state index in [2.05, 4.69) is 15.4 Å². The van der Waals surface area contributed by atoms with Crippen molar-refractivity contribution in [2.24, 2.45) is 0 Å². The molecule has 24 heavy (non-hydrogen) atoms. The van der Waals surface area contributed by atoms with Crippen LogP contribution in [0, 0.1) is 5.82 Å². The lowest BCUT2D eigenvalue weighted by atomic mass is 10.0. The molecule has 2 aromatic rings. The molecule has 0 saturated carbocycles. The molecule has 0 bridgehead atoms. The minimum absolute atomic E-state index is 0.0382. The van der Waals surface area contributed by atoms with Gasteiger partial charge in [-0.3, -0.25) is 4.79 Å². The Hall–Kier alpha value is -2.31. The molecule has 1 heterocycles. The molecule has 0 aliphatic carbocycles. The molecule has 1 amide bonds. The summed E-state index contributed by atoms with van der Waals surface area (Å²) in [6.45, 7) is 11.8. The highest BCUT2D eigenvalue weighted by molar-refractivity contribution is 5.90. The molecular weight excluding hydrogens is 309 g/mol. The fraction of sp³-hybridized carbons (Fsp3) is 0.529. The van der Waals surface area contributed by atoms with E-state index in [0.29, 0.717) is 5.56 Å².